The molecule has 0 aliphatic rings. The third-order valence-electron chi connectivity index (χ3n) is 3.79. The number of rotatable bonds is 5. The predicted molar refractivity (Wildman–Crippen MR) is 92.6 cm³/mol. The van der Waals surface area contributed by atoms with Gasteiger partial charge in [0.05, 0.1) is 11.3 Å². The monoisotopic (exact) mass is 336 g/mol. The third kappa shape index (κ3) is 3.72. The van der Waals surface area contributed by atoms with Crippen molar-refractivity contribution in [2.24, 2.45) is 0 Å². The Hall–Kier alpha value is -3.48. The maximum atomic E-state index is 12.3. The summed E-state index contributed by atoms with van der Waals surface area (Å²) in [6, 6.07) is 12.2. The lowest BCUT2D eigenvalue weighted by Crippen LogP contribution is -2.23. The molecule has 0 saturated carbocycles. The van der Waals surface area contributed by atoms with Crippen LogP contribution in [0.3, 0.4) is 0 Å². The number of nitrogens with zero attached hydrogens (tertiary/aromatic N) is 3. The van der Waals surface area contributed by atoms with E-state index in [0.29, 0.717) is 12.2 Å². The van der Waals surface area contributed by atoms with Crippen LogP contribution in [-0.2, 0) is 6.54 Å². The lowest BCUT2D eigenvalue weighted by molar-refractivity contribution is -0.384. The Morgan fingerprint density at radius 1 is 1.24 bits per heavy atom. The number of carbonyl (C=O) groups is 1. The summed E-state index contributed by atoms with van der Waals surface area (Å²) in [6.45, 7) is 2.35. The molecule has 1 amide bonds. The number of benzene rings is 2. The van der Waals surface area contributed by atoms with Gasteiger partial charge < -0.3 is 9.88 Å². The summed E-state index contributed by atoms with van der Waals surface area (Å²) >= 11 is 0. The van der Waals surface area contributed by atoms with Gasteiger partial charge in [0.1, 0.15) is 5.69 Å². The molecule has 0 aliphatic heterocycles. The van der Waals surface area contributed by atoms with Crippen LogP contribution < -0.4 is 5.32 Å². The van der Waals surface area contributed by atoms with E-state index in [1.807, 2.05) is 31.2 Å². The SMILES string of the molecule is Cc1ccc(CNC(=O)c2ccc(-n3ccnc3)c([N+](=O)[O-])c2)cc1. The van der Waals surface area contributed by atoms with E-state index < -0.39 is 4.92 Å². The number of nitro benzene ring substituents is 1. The number of nitro groups is 1. The highest BCUT2D eigenvalue weighted by Gasteiger charge is 2.18. The molecule has 7 nitrogen and oxygen atoms in total. The van der Waals surface area contributed by atoms with Crippen LogP contribution >= 0.6 is 0 Å². The molecule has 7 heteroatoms. The van der Waals surface area contributed by atoms with Gasteiger partial charge in [-0.3, -0.25) is 14.9 Å². The summed E-state index contributed by atoms with van der Waals surface area (Å²) in [6.07, 6.45) is 4.62. The van der Waals surface area contributed by atoms with Gasteiger partial charge in [0.2, 0.25) is 0 Å². The minimum Gasteiger partial charge on any atom is -0.348 e. The molecule has 25 heavy (non-hydrogen) atoms. The van der Waals surface area contributed by atoms with Gasteiger partial charge in [-0.25, -0.2) is 4.98 Å². The van der Waals surface area contributed by atoms with Gasteiger partial charge >= 0.3 is 0 Å². The van der Waals surface area contributed by atoms with Crippen molar-refractivity contribution in [2.45, 2.75) is 13.5 Å². The Morgan fingerprint density at radius 2 is 2.00 bits per heavy atom. The molecule has 0 bridgehead atoms. The second-order valence-corrected chi connectivity index (χ2v) is 5.60. The quantitative estimate of drug-likeness (QED) is 0.573. The van der Waals surface area contributed by atoms with Crippen LogP contribution in [-0.4, -0.2) is 20.4 Å². The summed E-state index contributed by atoms with van der Waals surface area (Å²) in [5.74, 6) is -0.360. The number of aryl methyl sites for hydroxylation is 1. The molecule has 0 atom stereocenters. The highest BCUT2D eigenvalue weighted by Crippen LogP contribution is 2.24. The molecule has 0 spiro atoms. The van der Waals surface area contributed by atoms with Gasteiger partial charge in [-0.15, -0.1) is 0 Å². The van der Waals surface area contributed by atoms with Crippen LogP contribution in [0.5, 0.6) is 0 Å². The maximum Gasteiger partial charge on any atom is 0.294 e. The van der Waals surface area contributed by atoms with Gasteiger partial charge in [0.15, 0.2) is 0 Å². The predicted octanol–water partition coefficient (Wildman–Crippen LogP) is 3.02. The van der Waals surface area contributed by atoms with Crippen LogP contribution in [0.1, 0.15) is 21.5 Å². The van der Waals surface area contributed by atoms with Crippen molar-refractivity contribution in [1.82, 2.24) is 14.9 Å². The summed E-state index contributed by atoms with van der Waals surface area (Å²) in [4.78, 5) is 27.0. The first-order valence-electron chi connectivity index (χ1n) is 7.65. The van der Waals surface area contributed by atoms with E-state index in [1.165, 1.54) is 23.2 Å². The number of hydrogen-bond acceptors (Lipinski definition) is 4. The number of hydrogen-bond donors (Lipinski definition) is 1. The Balaban J connectivity index is 1.79. The highest BCUT2D eigenvalue weighted by atomic mass is 16.6. The van der Waals surface area contributed by atoms with Crippen molar-refractivity contribution in [3.8, 4) is 5.69 Å². The standard InChI is InChI=1S/C18H16N4O3/c1-13-2-4-14(5-3-13)11-20-18(23)15-6-7-16(17(10-15)22(24)25)21-9-8-19-12-21/h2-10,12H,11H2,1H3,(H,20,23). The largest absolute Gasteiger partial charge is 0.348 e. The fourth-order valence-electron chi connectivity index (χ4n) is 2.42. The average Bonchev–Trinajstić information content (AvgIpc) is 3.15. The first-order chi connectivity index (χ1) is 12.0. The second kappa shape index (κ2) is 6.96. The molecular weight excluding hydrogens is 320 g/mol. The molecule has 1 heterocycles. The van der Waals surface area contributed by atoms with Gasteiger partial charge in [-0.1, -0.05) is 29.8 Å². The Morgan fingerprint density at radius 3 is 2.64 bits per heavy atom. The summed E-state index contributed by atoms with van der Waals surface area (Å²) < 4.78 is 1.53. The zero-order chi connectivity index (χ0) is 17.8. The minimum atomic E-state index is -0.508. The minimum absolute atomic E-state index is 0.152. The zero-order valence-corrected chi connectivity index (χ0v) is 13.5. The third-order valence-corrected chi connectivity index (χ3v) is 3.79. The van der Waals surface area contributed by atoms with E-state index in [4.69, 9.17) is 0 Å². The zero-order valence-electron chi connectivity index (χ0n) is 13.5. The second-order valence-electron chi connectivity index (χ2n) is 5.60. The molecular formula is C18H16N4O3. The first-order valence-corrected chi connectivity index (χ1v) is 7.65. The van der Waals surface area contributed by atoms with Crippen LogP contribution in [0.2, 0.25) is 0 Å². The van der Waals surface area contributed by atoms with Gasteiger partial charge in [0, 0.05) is 30.6 Å². The lowest BCUT2D eigenvalue weighted by Gasteiger charge is -2.08. The molecule has 0 unspecified atom stereocenters. The van der Waals surface area contributed by atoms with E-state index in [2.05, 4.69) is 10.3 Å². The van der Waals surface area contributed by atoms with Crippen molar-refractivity contribution < 1.29 is 9.72 Å². The number of aromatic nitrogens is 2. The summed E-state index contributed by atoms with van der Waals surface area (Å²) in [7, 11) is 0. The first kappa shape index (κ1) is 16.4. The number of nitrogens with one attached hydrogen (secondary N) is 1. The van der Waals surface area contributed by atoms with Gasteiger partial charge in [-0.05, 0) is 24.6 Å². The van der Waals surface area contributed by atoms with Crippen molar-refractivity contribution in [3.05, 3.63) is 88.0 Å². The molecule has 1 aromatic heterocycles. The van der Waals surface area contributed by atoms with Crippen molar-refractivity contribution in [1.29, 1.82) is 0 Å². The average molecular weight is 336 g/mol. The molecule has 0 fully saturated rings. The van der Waals surface area contributed by atoms with E-state index >= 15 is 0 Å². The Kier molecular flexibility index (Phi) is 4.56. The molecule has 3 aromatic rings. The van der Waals surface area contributed by atoms with E-state index in [1.54, 1.807) is 18.3 Å². The molecule has 0 aliphatic carbocycles. The Labute approximate surface area is 144 Å². The smallest absolute Gasteiger partial charge is 0.294 e. The van der Waals surface area contributed by atoms with Crippen molar-refractivity contribution in [3.63, 3.8) is 0 Å². The molecule has 0 radical (unpaired) electrons. The van der Waals surface area contributed by atoms with Crippen LogP contribution in [0.4, 0.5) is 5.69 Å². The lowest BCUT2D eigenvalue weighted by atomic mass is 10.1. The molecule has 126 valence electrons. The van der Waals surface area contributed by atoms with Gasteiger partial charge in [-0.2, -0.15) is 0 Å². The maximum absolute atomic E-state index is 12.3. The van der Waals surface area contributed by atoms with Crippen LogP contribution in [0, 0.1) is 17.0 Å². The van der Waals surface area contributed by atoms with Gasteiger partial charge in [0.25, 0.3) is 11.6 Å². The molecule has 1 N–H and O–H groups in total. The fourth-order valence-corrected chi connectivity index (χ4v) is 2.42. The van der Waals surface area contributed by atoms with Crippen molar-refractivity contribution >= 4 is 11.6 Å². The van der Waals surface area contributed by atoms with Crippen LogP contribution in [0.15, 0.2) is 61.2 Å². The summed E-state index contributed by atoms with van der Waals surface area (Å²) in [5.41, 5.74) is 2.55. The van der Waals surface area contributed by atoms with E-state index in [-0.39, 0.29) is 17.2 Å². The normalized spacial score (nSPS) is 10.4. The topological polar surface area (TPSA) is 90.1 Å². The molecule has 3 rings (SSSR count). The van der Waals surface area contributed by atoms with Crippen LogP contribution in [0.25, 0.3) is 5.69 Å². The fraction of sp³-hybridized carbons (Fsp3) is 0.111. The highest BCUT2D eigenvalue weighted by molar-refractivity contribution is 5.95. The number of amides is 1. The van der Waals surface area contributed by atoms with E-state index in [0.717, 1.165) is 11.1 Å². The molecule has 2 aromatic carbocycles. The summed E-state index contributed by atoms with van der Waals surface area (Å²) in [5, 5.41) is 14.1. The Bertz CT molecular complexity index is 903. The van der Waals surface area contributed by atoms with Crippen molar-refractivity contribution in [2.75, 3.05) is 0 Å². The number of carbonyl (C=O) groups excluding carboxylic acids is 1. The van der Waals surface area contributed by atoms with E-state index in [9.17, 15) is 14.9 Å². The molecule has 0 saturated heterocycles. The number of imidazole rings is 1.